The van der Waals surface area contributed by atoms with Gasteiger partial charge in [0.1, 0.15) is 5.75 Å². The van der Waals surface area contributed by atoms with Crippen molar-refractivity contribution in [3.05, 3.63) is 90.0 Å². The Labute approximate surface area is 174 Å². The Morgan fingerprint density at radius 1 is 0.767 bits per heavy atom. The van der Waals surface area contributed by atoms with Crippen LogP contribution in [0.5, 0.6) is 5.75 Å². The second kappa shape index (κ2) is 8.90. The Morgan fingerprint density at radius 2 is 1.43 bits per heavy atom. The van der Waals surface area contributed by atoms with Crippen LogP contribution < -0.4 is 10.1 Å². The number of rotatable bonds is 5. The van der Waals surface area contributed by atoms with Crippen LogP contribution >= 0.6 is 0 Å². The van der Waals surface area contributed by atoms with E-state index in [-0.39, 0.29) is 11.8 Å². The van der Waals surface area contributed by atoms with Gasteiger partial charge in [-0.25, -0.2) is 0 Å². The van der Waals surface area contributed by atoms with E-state index in [0.29, 0.717) is 0 Å². The van der Waals surface area contributed by atoms with Crippen molar-refractivity contribution in [2.45, 2.75) is 12.4 Å². The molecular formula is C24H23F3N2O. The number of halogens is 3. The summed E-state index contributed by atoms with van der Waals surface area (Å²) in [5, 5.41) is 3.36. The van der Waals surface area contributed by atoms with Crippen LogP contribution in [-0.4, -0.2) is 37.4 Å². The maximum atomic E-state index is 12.5. The van der Waals surface area contributed by atoms with E-state index in [1.54, 1.807) is 12.1 Å². The average Bonchev–Trinajstić information content (AvgIpc) is 2.76. The third kappa shape index (κ3) is 5.01. The lowest BCUT2D eigenvalue weighted by Gasteiger charge is -2.36. The first kappa shape index (κ1) is 20.4. The second-order valence-electron chi connectivity index (χ2n) is 7.30. The summed E-state index contributed by atoms with van der Waals surface area (Å²) < 4.78 is 41.6. The fourth-order valence-corrected chi connectivity index (χ4v) is 3.93. The summed E-state index contributed by atoms with van der Waals surface area (Å²) in [4.78, 5) is 2.36. The molecule has 3 nitrogen and oxygen atoms in total. The Bertz CT molecular complexity index is 952. The first-order valence-corrected chi connectivity index (χ1v) is 9.95. The van der Waals surface area contributed by atoms with Gasteiger partial charge in [0.2, 0.25) is 0 Å². The SMILES string of the molecule is FC(F)(F)Oc1ccc([C@@H](c2cccc(-c3ccccc3)c2)N2CCNCC2)cc1. The van der Waals surface area contributed by atoms with Crippen molar-refractivity contribution in [2.75, 3.05) is 26.2 Å². The molecule has 1 aliphatic rings. The fourth-order valence-electron chi connectivity index (χ4n) is 3.93. The van der Waals surface area contributed by atoms with Crippen molar-refractivity contribution in [1.29, 1.82) is 0 Å². The second-order valence-corrected chi connectivity index (χ2v) is 7.30. The maximum Gasteiger partial charge on any atom is 0.573 e. The van der Waals surface area contributed by atoms with Crippen molar-refractivity contribution in [2.24, 2.45) is 0 Å². The summed E-state index contributed by atoms with van der Waals surface area (Å²) in [6.07, 6.45) is -4.69. The molecule has 30 heavy (non-hydrogen) atoms. The average molecular weight is 412 g/mol. The minimum atomic E-state index is -4.69. The van der Waals surface area contributed by atoms with E-state index >= 15 is 0 Å². The Kier molecular flexibility index (Phi) is 6.06. The van der Waals surface area contributed by atoms with E-state index in [1.807, 2.05) is 24.3 Å². The van der Waals surface area contributed by atoms with Gasteiger partial charge in [0, 0.05) is 26.2 Å². The van der Waals surface area contributed by atoms with Crippen LogP contribution in [0.1, 0.15) is 17.2 Å². The molecule has 1 heterocycles. The minimum Gasteiger partial charge on any atom is -0.406 e. The number of nitrogens with one attached hydrogen (secondary N) is 1. The summed E-state index contributed by atoms with van der Waals surface area (Å²) in [5.74, 6) is -0.205. The van der Waals surface area contributed by atoms with Gasteiger partial charge in [-0.1, -0.05) is 60.7 Å². The minimum absolute atomic E-state index is 0.0456. The predicted molar refractivity (Wildman–Crippen MR) is 111 cm³/mol. The third-order valence-electron chi connectivity index (χ3n) is 5.26. The molecule has 0 spiro atoms. The molecule has 4 rings (SSSR count). The van der Waals surface area contributed by atoms with Crippen LogP contribution in [0, 0.1) is 0 Å². The first-order valence-electron chi connectivity index (χ1n) is 9.95. The van der Waals surface area contributed by atoms with E-state index in [2.05, 4.69) is 45.3 Å². The smallest absolute Gasteiger partial charge is 0.406 e. The number of nitrogens with zero attached hydrogens (tertiary/aromatic N) is 1. The van der Waals surface area contributed by atoms with Gasteiger partial charge in [-0.15, -0.1) is 13.2 Å². The van der Waals surface area contributed by atoms with Gasteiger partial charge in [0.25, 0.3) is 0 Å². The molecule has 1 aliphatic heterocycles. The van der Waals surface area contributed by atoms with E-state index in [9.17, 15) is 13.2 Å². The molecule has 0 unspecified atom stereocenters. The van der Waals surface area contributed by atoms with Gasteiger partial charge in [-0.2, -0.15) is 0 Å². The number of piperazine rings is 1. The molecule has 6 heteroatoms. The lowest BCUT2D eigenvalue weighted by atomic mass is 9.93. The van der Waals surface area contributed by atoms with E-state index in [1.165, 1.54) is 12.1 Å². The highest BCUT2D eigenvalue weighted by molar-refractivity contribution is 5.64. The third-order valence-corrected chi connectivity index (χ3v) is 5.26. The van der Waals surface area contributed by atoms with Gasteiger partial charge in [0.05, 0.1) is 6.04 Å². The molecule has 0 aliphatic carbocycles. The molecule has 1 saturated heterocycles. The van der Waals surface area contributed by atoms with Crippen molar-refractivity contribution >= 4 is 0 Å². The highest BCUT2D eigenvalue weighted by Gasteiger charge is 2.31. The zero-order chi connectivity index (χ0) is 21.0. The zero-order valence-electron chi connectivity index (χ0n) is 16.4. The predicted octanol–water partition coefficient (Wildman–Crippen LogP) is 5.25. The van der Waals surface area contributed by atoms with Gasteiger partial charge in [0.15, 0.2) is 0 Å². The summed E-state index contributed by atoms with van der Waals surface area (Å²) >= 11 is 0. The molecule has 0 saturated carbocycles. The number of hydrogen-bond acceptors (Lipinski definition) is 3. The number of alkyl halides is 3. The number of ether oxygens (including phenoxy) is 1. The number of benzene rings is 3. The molecule has 1 N–H and O–H groups in total. The van der Waals surface area contributed by atoms with Crippen LogP contribution in [0.25, 0.3) is 11.1 Å². The van der Waals surface area contributed by atoms with E-state index < -0.39 is 6.36 Å². The van der Waals surface area contributed by atoms with Gasteiger partial charge in [-0.3, -0.25) is 4.90 Å². The molecule has 156 valence electrons. The summed E-state index contributed by atoms with van der Waals surface area (Å²) in [7, 11) is 0. The highest BCUT2D eigenvalue weighted by atomic mass is 19.4. The quantitative estimate of drug-likeness (QED) is 0.620. The standard InChI is InChI=1S/C24H23F3N2O/c25-24(26,27)30-22-11-9-19(10-12-22)23(29-15-13-28-14-16-29)21-8-4-7-20(17-21)18-5-2-1-3-6-18/h1-12,17,23,28H,13-16H2/t23-/m0/s1. The Morgan fingerprint density at radius 3 is 2.10 bits per heavy atom. The van der Waals surface area contributed by atoms with Gasteiger partial charge < -0.3 is 10.1 Å². The van der Waals surface area contributed by atoms with E-state index in [4.69, 9.17) is 0 Å². The van der Waals surface area contributed by atoms with Crippen molar-refractivity contribution in [3.63, 3.8) is 0 Å². The fraction of sp³-hybridized carbons (Fsp3) is 0.250. The van der Waals surface area contributed by atoms with Crippen LogP contribution in [0.15, 0.2) is 78.9 Å². The first-order chi connectivity index (χ1) is 14.5. The number of hydrogen-bond donors (Lipinski definition) is 1. The Hall–Kier alpha value is -2.83. The topological polar surface area (TPSA) is 24.5 Å². The molecule has 3 aromatic rings. The van der Waals surface area contributed by atoms with Crippen LogP contribution in [0.3, 0.4) is 0 Å². The van der Waals surface area contributed by atoms with Gasteiger partial charge in [-0.05, 0) is 40.5 Å². The molecule has 3 aromatic carbocycles. The normalized spacial score (nSPS) is 16.2. The molecular weight excluding hydrogens is 389 g/mol. The molecule has 1 fully saturated rings. The van der Waals surface area contributed by atoms with Crippen molar-refractivity contribution in [1.82, 2.24) is 10.2 Å². The summed E-state index contributed by atoms with van der Waals surface area (Å²) in [6.45, 7) is 3.48. The molecule has 0 amide bonds. The lowest BCUT2D eigenvalue weighted by Crippen LogP contribution is -2.45. The summed E-state index contributed by atoms with van der Waals surface area (Å²) in [6, 6.07) is 24.7. The van der Waals surface area contributed by atoms with Crippen LogP contribution in [0.2, 0.25) is 0 Å². The van der Waals surface area contributed by atoms with E-state index in [0.717, 1.165) is 48.4 Å². The van der Waals surface area contributed by atoms with Crippen molar-refractivity contribution in [3.8, 4) is 16.9 Å². The van der Waals surface area contributed by atoms with Crippen LogP contribution in [-0.2, 0) is 0 Å². The molecule has 0 bridgehead atoms. The maximum absolute atomic E-state index is 12.5. The monoisotopic (exact) mass is 412 g/mol. The molecule has 0 radical (unpaired) electrons. The molecule has 1 atom stereocenters. The highest BCUT2D eigenvalue weighted by Crippen LogP contribution is 2.33. The molecule has 0 aromatic heterocycles. The van der Waals surface area contributed by atoms with Crippen LogP contribution in [0.4, 0.5) is 13.2 Å². The zero-order valence-corrected chi connectivity index (χ0v) is 16.4. The lowest BCUT2D eigenvalue weighted by molar-refractivity contribution is -0.274. The van der Waals surface area contributed by atoms with Crippen molar-refractivity contribution < 1.29 is 17.9 Å². The Balaban J connectivity index is 1.69. The largest absolute Gasteiger partial charge is 0.573 e. The summed E-state index contributed by atoms with van der Waals surface area (Å²) in [5.41, 5.74) is 4.30. The van der Waals surface area contributed by atoms with Gasteiger partial charge >= 0.3 is 6.36 Å².